The minimum absolute atomic E-state index is 0.0139. The van der Waals surface area contributed by atoms with Gasteiger partial charge in [-0.3, -0.25) is 0 Å². The Labute approximate surface area is 44.5 Å². The van der Waals surface area contributed by atoms with E-state index in [-0.39, 0.29) is 4.87 Å². The van der Waals surface area contributed by atoms with E-state index in [1.165, 1.54) is 0 Å². The van der Waals surface area contributed by atoms with Crippen molar-refractivity contribution in [1.29, 1.82) is 0 Å². The van der Waals surface area contributed by atoms with Gasteiger partial charge < -0.3 is 5.32 Å². The largest absolute Gasteiger partial charge is 0.307 e. The summed E-state index contributed by atoms with van der Waals surface area (Å²) >= 11 is 4.14. The fourth-order valence-corrected chi connectivity index (χ4v) is 0. The molecule has 0 unspecified atom stereocenters. The predicted molar refractivity (Wildman–Crippen MR) is 32.1 cm³/mol. The highest BCUT2D eigenvalue weighted by Gasteiger charge is 2.03. The molecular weight excluding hydrogens is 94.1 g/mol. The second-order valence-electron chi connectivity index (χ2n) is 1.81. The van der Waals surface area contributed by atoms with Crippen molar-refractivity contribution in [3.05, 3.63) is 0 Å². The molecule has 0 radical (unpaired) electrons. The maximum absolute atomic E-state index is 4.14. The Balaban J connectivity index is 3.17. The molecule has 0 saturated carbocycles. The molecule has 0 atom stereocenters. The van der Waals surface area contributed by atoms with E-state index < -0.39 is 0 Å². The van der Waals surface area contributed by atoms with Crippen LogP contribution in [-0.4, -0.2) is 11.9 Å². The lowest BCUT2D eigenvalue weighted by molar-refractivity contribution is 0.615. The van der Waals surface area contributed by atoms with E-state index >= 15 is 0 Å². The van der Waals surface area contributed by atoms with Crippen molar-refractivity contribution in [2.75, 3.05) is 7.05 Å². The van der Waals surface area contributed by atoms with Crippen LogP contribution in [0.4, 0.5) is 0 Å². The molecule has 0 bridgehead atoms. The van der Waals surface area contributed by atoms with E-state index in [1.54, 1.807) is 0 Å². The molecule has 0 aromatic heterocycles. The first-order chi connectivity index (χ1) is 2.56. The van der Waals surface area contributed by atoms with Crippen LogP contribution in [-0.2, 0) is 0 Å². The molecule has 6 heavy (non-hydrogen) atoms. The topological polar surface area (TPSA) is 12.0 Å². The molecule has 1 N–H and O–H groups in total. The van der Waals surface area contributed by atoms with Crippen molar-refractivity contribution in [2.45, 2.75) is 18.7 Å². The summed E-state index contributed by atoms with van der Waals surface area (Å²) in [4.78, 5) is -0.0139. The molecule has 0 amide bonds. The van der Waals surface area contributed by atoms with Gasteiger partial charge in [-0.25, -0.2) is 0 Å². The van der Waals surface area contributed by atoms with Crippen LogP contribution in [0.25, 0.3) is 0 Å². The lowest BCUT2D eigenvalue weighted by atomic mass is 10.4. The number of thiol groups is 1. The summed E-state index contributed by atoms with van der Waals surface area (Å²) < 4.78 is 0. The fraction of sp³-hybridized carbons (Fsp3) is 1.00. The summed E-state index contributed by atoms with van der Waals surface area (Å²) in [7, 11) is 1.88. The van der Waals surface area contributed by atoms with E-state index in [2.05, 4.69) is 17.9 Å². The van der Waals surface area contributed by atoms with Crippen LogP contribution >= 0.6 is 12.6 Å². The van der Waals surface area contributed by atoms with Crippen LogP contribution in [0.1, 0.15) is 13.8 Å². The highest BCUT2D eigenvalue weighted by atomic mass is 32.1. The van der Waals surface area contributed by atoms with Gasteiger partial charge in [-0.15, -0.1) is 0 Å². The minimum Gasteiger partial charge on any atom is -0.307 e. The zero-order valence-corrected chi connectivity index (χ0v) is 5.34. The third kappa shape index (κ3) is 4.31. The summed E-state index contributed by atoms with van der Waals surface area (Å²) in [6, 6.07) is 0. The highest BCUT2D eigenvalue weighted by Crippen LogP contribution is 2.03. The minimum atomic E-state index is -0.0139. The average molecular weight is 105 g/mol. The van der Waals surface area contributed by atoms with Gasteiger partial charge in [-0.2, -0.15) is 12.6 Å². The third-order valence-electron chi connectivity index (χ3n) is 0.612. The molecule has 2 heteroatoms. The zero-order valence-electron chi connectivity index (χ0n) is 4.45. The van der Waals surface area contributed by atoms with E-state index in [0.29, 0.717) is 0 Å². The van der Waals surface area contributed by atoms with Crippen molar-refractivity contribution < 1.29 is 0 Å². The Kier molecular flexibility index (Phi) is 1.94. The van der Waals surface area contributed by atoms with Crippen molar-refractivity contribution >= 4 is 12.6 Å². The maximum atomic E-state index is 4.14. The molecule has 0 aromatic carbocycles. The van der Waals surface area contributed by atoms with E-state index in [0.717, 1.165) is 0 Å². The monoisotopic (exact) mass is 105 g/mol. The Bertz CT molecular complexity index is 37.3. The van der Waals surface area contributed by atoms with Crippen molar-refractivity contribution in [1.82, 2.24) is 5.32 Å². The highest BCUT2D eigenvalue weighted by molar-refractivity contribution is 7.81. The molecular formula is C4H11NS. The molecule has 0 saturated heterocycles. The molecule has 0 aromatic rings. The Hall–Kier alpha value is 0.310. The smallest absolute Gasteiger partial charge is 0.0556 e. The average Bonchev–Trinajstić information content (AvgIpc) is 1.35. The molecule has 0 aliphatic rings. The lowest BCUT2D eigenvalue weighted by Gasteiger charge is -2.14. The SMILES string of the molecule is CNC(C)(C)S. The van der Waals surface area contributed by atoms with Gasteiger partial charge in [0.25, 0.3) is 0 Å². The molecule has 0 heterocycles. The molecule has 38 valence electrons. The number of rotatable bonds is 1. The molecule has 0 spiro atoms. The van der Waals surface area contributed by atoms with Crippen LogP contribution < -0.4 is 5.32 Å². The molecule has 0 aliphatic heterocycles. The van der Waals surface area contributed by atoms with Crippen LogP contribution in [0.5, 0.6) is 0 Å². The summed E-state index contributed by atoms with van der Waals surface area (Å²) in [6.07, 6.45) is 0. The summed E-state index contributed by atoms with van der Waals surface area (Å²) in [5, 5.41) is 2.97. The van der Waals surface area contributed by atoms with Crippen LogP contribution in [0.2, 0.25) is 0 Å². The van der Waals surface area contributed by atoms with Gasteiger partial charge in [0.2, 0.25) is 0 Å². The first-order valence-corrected chi connectivity index (χ1v) is 2.42. The number of hydrogen-bond donors (Lipinski definition) is 2. The third-order valence-corrected chi connectivity index (χ3v) is 0.835. The maximum Gasteiger partial charge on any atom is 0.0556 e. The van der Waals surface area contributed by atoms with Gasteiger partial charge in [0.1, 0.15) is 0 Å². The standard InChI is InChI=1S/C4H11NS/c1-4(2,6)5-3/h5-6H,1-3H3. The first-order valence-electron chi connectivity index (χ1n) is 1.97. The van der Waals surface area contributed by atoms with Gasteiger partial charge in [0.15, 0.2) is 0 Å². The van der Waals surface area contributed by atoms with Gasteiger partial charge in [0, 0.05) is 0 Å². The molecule has 0 rings (SSSR count). The van der Waals surface area contributed by atoms with Crippen LogP contribution in [0, 0.1) is 0 Å². The predicted octanol–water partition coefficient (Wildman–Crippen LogP) is 0.872. The van der Waals surface area contributed by atoms with Gasteiger partial charge in [0.05, 0.1) is 4.87 Å². The quantitative estimate of drug-likeness (QED) is 0.372. The summed E-state index contributed by atoms with van der Waals surface area (Å²) in [5.74, 6) is 0. The van der Waals surface area contributed by atoms with E-state index in [4.69, 9.17) is 0 Å². The fourth-order valence-electron chi connectivity index (χ4n) is 0. The normalized spacial score (nSPS) is 12.0. The van der Waals surface area contributed by atoms with E-state index in [9.17, 15) is 0 Å². The van der Waals surface area contributed by atoms with Gasteiger partial charge >= 0.3 is 0 Å². The summed E-state index contributed by atoms with van der Waals surface area (Å²) in [5.41, 5.74) is 0. The Morgan fingerprint density at radius 2 is 1.67 bits per heavy atom. The molecule has 0 fully saturated rings. The lowest BCUT2D eigenvalue weighted by Crippen LogP contribution is -2.28. The second kappa shape index (κ2) is 1.85. The van der Waals surface area contributed by atoms with Gasteiger partial charge in [-0.1, -0.05) is 0 Å². The molecule has 1 nitrogen and oxygen atoms in total. The number of nitrogens with one attached hydrogen (secondary N) is 1. The second-order valence-corrected chi connectivity index (χ2v) is 2.93. The van der Waals surface area contributed by atoms with Crippen molar-refractivity contribution in [3.8, 4) is 0 Å². The van der Waals surface area contributed by atoms with Crippen LogP contribution in [0.3, 0.4) is 0 Å². The van der Waals surface area contributed by atoms with Crippen molar-refractivity contribution in [3.63, 3.8) is 0 Å². The van der Waals surface area contributed by atoms with E-state index in [1.807, 2.05) is 20.9 Å². The summed E-state index contributed by atoms with van der Waals surface area (Å²) in [6.45, 7) is 3.99. The van der Waals surface area contributed by atoms with Crippen LogP contribution in [0.15, 0.2) is 0 Å². The zero-order chi connectivity index (χ0) is 5.21. The Morgan fingerprint density at radius 3 is 1.67 bits per heavy atom. The van der Waals surface area contributed by atoms with Gasteiger partial charge in [-0.05, 0) is 20.9 Å². The molecule has 0 aliphatic carbocycles. The first kappa shape index (κ1) is 6.31. The van der Waals surface area contributed by atoms with Crippen molar-refractivity contribution in [2.24, 2.45) is 0 Å². The Morgan fingerprint density at radius 1 is 1.50 bits per heavy atom. The number of hydrogen-bond acceptors (Lipinski definition) is 2.